The van der Waals surface area contributed by atoms with E-state index in [1.165, 1.54) is 56.7 Å². The maximum Gasteiger partial charge on any atom is 0.269 e. The molecule has 0 aliphatic heterocycles. The van der Waals surface area contributed by atoms with Crippen molar-refractivity contribution in [1.29, 1.82) is 0 Å². The number of rotatable bonds is 10. The number of nitro groups is 1. The summed E-state index contributed by atoms with van der Waals surface area (Å²) in [6, 6.07) is 16.5. The molecule has 0 fully saturated rings. The number of non-ortho nitro benzene ring substituents is 1. The zero-order chi connectivity index (χ0) is 27.2. The van der Waals surface area contributed by atoms with E-state index in [0.717, 1.165) is 9.87 Å². The summed E-state index contributed by atoms with van der Waals surface area (Å²) in [4.78, 5) is 23.0. The quantitative estimate of drug-likeness (QED) is 0.241. The second-order valence-corrected chi connectivity index (χ2v) is 9.76. The van der Waals surface area contributed by atoms with Crippen LogP contribution < -0.4 is 19.2 Å². The summed E-state index contributed by atoms with van der Waals surface area (Å²) in [7, 11) is -1.37. The highest BCUT2D eigenvalue weighted by Crippen LogP contribution is 2.32. The molecule has 1 N–H and O–H groups in total. The Hall–Kier alpha value is -4.45. The Balaban J connectivity index is 1.89. The summed E-state index contributed by atoms with van der Waals surface area (Å²) >= 11 is 0. The van der Waals surface area contributed by atoms with Gasteiger partial charge in [0.05, 0.1) is 35.4 Å². The third-order valence-electron chi connectivity index (χ3n) is 5.40. The van der Waals surface area contributed by atoms with Crippen LogP contribution in [-0.4, -0.2) is 45.7 Å². The molecule has 37 heavy (non-hydrogen) atoms. The van der Waals surface area contributed by atoms with Crippen LogP contribution in [0, 0.1) is 17.0 Å². The number of anilines is 1. The predicted molar refractivity (Wildman–Crippen MR) is 139 cm³/mol. The average molecular weight is 527 g/mol. The molecule has 3 aromatic carbocycles. The van der Waals surface area contributed by atoms with Gasteiger partial charge in [0.25, 0.3) is 21.6 Å². The van der Waals surface area contributed by atoms with Crippen molar-refractivity contribution >= 4 is 33.0 Å². The van der Waals surface area contributed by atoms with Gasteiger partial charge in [-0.25, -0.2) is 13.8 Å². The molecule has 0 heterocycles. The van der Waals surface area contributed by atoms with Crippen molar-refractivity contribution in [1.82, 2.24) is 5.43 Å². The minimum absolute atomic E-state index is 0.0744. The molecule has 0 saturated heterocycles. The van der Waals surface area contributed by atoms with Gasteiger partial charge in [0, 0.05) is 18.2 Å². The number of carbonyl (C=O) groups is 1. The van der Waals surface area contributed by atoms with Crippen LogP contribution in [0.5, 0.6) is 11.5 Å². The molecular formula is C25H26N4O7S. The summed E-state index contributed by atoms with van der Waals surface area (Å²) < 4.78 is 38.7. The van der Waals surface area contributed by atoms with Crippen molar-refractivity contribution in [2.75, 3.05) is 25.1 Å². The molecular weight excluding hydrogens is 500 g/mol. The molecule has 0 unspecified atom stereocenters. The summed E-state index contributed by atoms with van der Waals surface area (Å²) in [6.07, 6.45) is 0. The van der Waals surface area contributed by atoms with E-state index in [4.69, 9.17) is 9.47 Å². The van der Waals surface area contributed by atoms with E-state index in [2.05, 4.69) is 10.5 Å². The normalized spacial score (nSPS) is 11.5. The molecule has 12 heteroatoms. The fourth-order valence-electron chi connectivity index (χ4n) is 3.33. The lowest BCUT2D eigenvalue weighted by Crippen LogP contribution is -2.39. The number of nitrogens with zero attached hydrogens (tertiary/aromatic N) is 3. The van der Waals surface area contributed by atoms with Crippen molar-refractivity contribution in [3.63, 3.8) is 0 Å². The highest BCUT2D eigenvalue weighted by Gasteiger charge is 2.28. The number of methoxy groups -OCH3 is 2. The monoisotopic (exact) mass is 526 g/mol. The number of hydrogen-bond acceptors (Lipinski definition) is 8. The lowest BCUT2D eigenvalue weighted by atomic mass is 10.1. The third kappa shape index (κ3) is 6.41. The number of benzene rings is 3. The molecule has 0 radical (unpaired) electrons. The van der Waals surface area contributed by atoms with Crippen LogP contribution in [0.4, 0.5) is 11.4 Å². The SMILES string of the molecule is COc1ccc(S(=O)(=O)N(CC(=O)N/N=C(/C)c2ccc([N+](=O)[O-])cc2)c2ccc(C)cc2)cc1OC. The van der Waals surface area contributed by atoms with Crippen LogP contribution in [0.25, 0.3) is 0 Å². The zero-order valence-corrected chi connectivity index (χ0v) is 21.5. The van der Waals surface area contributed by atoms with Gasteiger partial charge in [-0.15, -0.1) is 0 Å². The minimum Gasteiger partial charge on any atom is -0.493 e. The van der Waals surface area contributed by atoms with Crippen molar-refractivity contribution in [2.24, 2.45) is 5.10 Å². The summed E-state index contributed by atoms with van der Waals surface area (Å²) in [5, 5.41) is 14.9. The van der Waals surface area contributed by atoms with Crippen LogP contribution in [0.15, 0.2) is 76.7 Å². The number of hydrazone groups is 1. The molecule has 0 atom stereocenters. The van der Waals surface area contributed by atoms with Gasteiger partial charge in [-0.05, 0) is 55.8 Å². The highest BCUT2D eigenvalue weighted by molar-refractivity contribution is 7.92. The summed E-state index contributed by atoms with van der Waals surface area (Å²) in [5.41, 5.74) is 4.42. The van der Waals surface area contributed by atoms with E-state index in [1.807, 2.05) is 6.92 Å². The van der Waals surface area contributed by atoms with Crippen LogP contribution in [0.3, 0.4) is 0 Å². The third-order valence-corrected chi connectivity index (χ3v) is 7.17. The minimum atomic E-state index is -4.20. The predicted octanol–water partition coefficient (Wildman–Crippen LogP) is 3.66. The first-order chi connectivity index (χ1) is 17.6. The number of aryl methyl sites for hydroxylation is 1. The van der Waals surface area contributed by atoms with Crippen molar-refractivity contribution in [3.05, 3.63) is 88.0 Å². The van der Waals surface area contributed by atoms with Crippen LogP contribution in [0.2, 0.25) is 0 Å². The van der Waals surface area contributed by atoms with Gasteiger partial charge < -0.3 is 9.47 Å². The van der Waals surface area contributed by atoms with Gasteiger partial charge in [0.1, 0.15) is 6.54 Å². The number of nitrogens with one attached hydrogen (secondary N) is 1. The molecule has 0 spiro atoms. The second kappa shape index (κ2) is 11.5. The van der Waals surface area contributed by atoms with E-state index in [-0.39, 0.29) is 22.0 Å². The van der Waals surface area contributed by atoms with Gasteiger partial charge in [0.15, 0.2) is 11.5 Å². The Morgan fingerprint density at radius 3 is 2.19 bits per heavy atom. The van der Waals surface area contributed by atoms with Gasteiger partial charge in [-0.3, -0.25) is 19.2 Å². The number of ether oxygens (including phenoxy) is 2. The maximum atomic E-state index is 13.6. The zero-order valence-electron chi connectivity index (χ0n) is 20.7. The molecule has 0 aliphatic carbocycles. The fourth-order valence-corrected chi connectivity index (χ4v) is 4.77. The first kappa shape index (κ1) is 27.1. The van der Waals surface area contributed by atoms with Crippen molar-refractivity contribution < 1.29 is 27.6 Å². The topological polar surface area (TPSA) is 140 Å². The lowest BCUT2D eigenvalue weighted by Gasteiger charge is -2.24. The summed E-state index contributed by atoms with van der Waals surface area (Å²) in [5.74, 6) is -0.108. The van der Waals surface area contributed by atoms with Crippen LogP contribution >= 0.6 is 0 Å². The van der Waals surface area contributed by atoms with Crippen LogP contribution in [-0.2, 0) is 14.8 Å². The van der Waals surface area contributed by atoms with Gasteiger partial charge >= 0.3 is 0 Å². The van der Waals surface area contributed by atoms with E-state index < -0.39 is 27.4 Å². The molecule has 0 bridgehead atoms. The Bertz CT molecular complexity index is 1420. The standard InChI is InChI=1S/C25H26N4O7S/c1-17-5-9-20(10-6-17)28(37(33,34)22-13-14-23(35-3)24(15-22)36-4)16-25(30)27-26-18(2)19-7-11-21(12-8-19)29(31)32/h5-15H,16H2,1-4H3,(H,27,30)/b26-18-. The van der Waals surface area contributed by atoms with Gasteiger partial charge in [0.2, 0.25) is 0 Å². The molecule has 0 aromatic heterocycles. The smallest absolute Gasteiger partial charge is 0.269 e. The van der Waals surface area contributed by atoms with E-state index in [0.29, 0.717) is 17.0 Å². The molecule has 0 saturated carbocycles. The average Bonchev–Trinajstić information content (AvgIpc) is 2.90. The second-order valence-electron chi connectivity index (χ2n) is 7.90. The van der Waals surface area contributed by atoms with E-state index in [9.17, 15) is 23.3 Å². The Labute approximate surface area is 214 Å². The molecule has 1 amide bonds. The van der Waals surface area contributed by atoms with Crippen LogP contribution in [0.1, 0.15) is 18.1 Å². The fraction of sp³-hybridized carbons (Fsp3) is 0.200. The maximum absolute atomic E-state index is 13.6. The van der Waals surface area contributed by atoms with E-state index >= 15 is 0 Å². The number of amides is 1. The Kier molecular flexibility index (Phi) is 8.45. The first-order valence-electron chi connectivity index (χ1n) is 11.0. The van der Waals surface area contributed by atoms with Gasteiger partial charge in [-0.2, -0.15) is 5.10 Å². The van der Waals surface area contributed by atoms with Gasteiger partial charge in [-0.1, -0.05) is 17.7 Å². The lowest BCUT2D eigenvalue weighted by molar-refractivity contribution is -0.384. The highest BCUT2D eigenvalue weighted by atomic mass is 32.2. The summed E-state index contributed by atoms with van der Waals surface area (Å²) in [6.45, 7) is 2.91. The molecule has 194 valence electrons. The number of sulfonamides is 1. The molecule has 3 rings (SSSR count). The first-order valence-corrected chi connectivity index (χ1v) is 12.4. The molecule has 3 aromatic rings. The Morgan fingerprint density at radius 2 is 1.62 bits per heavy atom. The Morgan fingerprint density at radius 1 is 1.00 bits per heavy atom. The van der Waals surface area contributed by atoms with Crippen molar-refractivity contribution in [3.8, 4) is 11.5 Å². The largest absolute Gasteiger partial charge is 0.493 e. The van der Waals surface area contributed by atoms with E-state index in [1.54, 1.807) is 31.2 Å². The number of nitro benzene ring substituents is 1. The number of hydrogen-bond donors (Lipinski definition) is 1. The van der Waals surface area contributed by atoms with Crippen molar-refractivity contribution in [2.45, 2.75) is 18.7 Å². The molecule has 0 aliphatic rings. The molecule has 11 nitrogen and oxygen atoms in total. The number of carbonyl (C=O) groups excluding carboxylic acids is 1.